The van der Waals surface area contributed by atoms with Gasteiger partial charge in [0.15, 0.2) is 5.82 Å². The van der Waals surface area contributed by atoms with Crippen molar-refractivity contribution in [3.8, 4) is 17.1 Å². The number of carbonyl (C=O) groups is 1. The number of piperazine rings is 1. The molecule has 2 aromatic carbocycles. The van der Waals surface area contributed by atoms with Gasteiger partial charge in [-0.05, 0) is 43.0 Å². The van der Waals surface area contributed by atoms with Crippen LogP contribution in [0, 0.1) is 11.7 Å². The summed E-state index contributed by atoms with van der Waals surface area (Å²) in [6.07, 6.45) is 4.08. The van der Waals surface area contributed by atoms with Crippen LogP contribution in [-0.2, 0) is 11.2 Å². The number of aromatic amines is 1. The third-order valence-electron chi connectivity index (χ3n) is 6.98. The maximum atomic E-state index is 14.0. The predicted octanol–water partition coefficient (Wildman–Crippen LogP) is 3.43. The summed E-state index contributed by atoms with van der Waals surface area (Å²) in [6, 6.07) is 14.1. The van der Waals surface area contributed by atoms with Crippen LogP contribution in [0.4, 0.5) is 10.1 Å². The topological polar surface area (TPSA) is 91.4 Å². The molecular formula is C27H30FN5O3. The lowest BCUT2D eigenvalue weighted by molar-refractivity contribution is -0.131. The molecule has 188 valence electrons. The quantitative estimate of drug-likeness (QED) is 0.519. The maximum Gasteiger partial charge on any atom is 0.273 e. The van der Waals surface area contributed by atoms with Gasteiger partial charge >= 0.3 is 0 Å². The van der Waals surface area contributed by atoms with Crippen molar-refractivity contribution in [1.29, 1.82) is 0 Å². The van der Waals surface area contributed by atoms with Gasteiger partial charge in [0.2, 0.25) is 5.91 Å². The molecule has 8 nitrogen and oxygen atoms in total. The van der Waals surface area contributed by atoms with E-state index in [1.165, 1.54) is 25.3 Å². The summed E-state index contributed by atoms with van der Waals surface area (Å²) >= 11 is 0. The predicted molar refractivity (Wildman–Crippen MR) is 134 cm³/mol. The van der Waals surface area contributed by atoms with E-state index in [1.54, 1.807) is 23.1 Å². The normalized spacial score (nSPS) is 16.0. The molecule has 1 saturated carbocycles. The lowest BCUT2D eigenvalue weighted by atomic mass is 9.86. The Morgan fingerprint density at radius 1 is 1.06 bits per heavy atom. The molecule has 5 rings (SSSR count). The number of amides is 1. The minimum atomic E-state index is -0.349. The zero-order chi connectivity index (χ0) is 24.9. The van der Waals surface area contributed by atoms with Gasteiger partial charge in [0.1, 0.15) is 17.3 Å². The molecule has 0 atom stereocenters. The van der Waals surface area contributed by atoms with Crippen molar-refractivity contribution in [2.45, 2.75) is 32.1 Å². The highest BCUT2D eigenvalue weighted by molar-refractivity contribution is 5.76. The molecule has 0 unspecified atom stereocenters. The molecule has 1 aliphatic carbocycles. The molecule has 3 aromatic rings. The number of para-hydroxylation sites is 1. The Balaban J connectivity index is 1.14. The fourth-order valence-corrected chi connectivity index (χ4v) is 4.55. The number of hydrogen-bond donors (Lipinski definition) is 1. The fraction of sp³-hybridized carbons (Fsp3) is 0.407. The first-order valence-corrected chi connectivity index (χ1v) is 12.5. The Bertz CT molecular complexity index is 1270. The van der Waals surface area contributed by atoms with E-state index in [2.05, 4.69) is 15.2 Å². The first-order chi connectivity index (χ1) is 17.6. The molecule has 2 aliphatic rings. The summed E-state index contributed by atoms with van der Waals surface area (Å²) in [5.41, 5.74) is 1.16. The second-order valence-corrected chi connectivity index (χ2v) is 9.40. The van der Waals surface area contributed by atoms with Crippen molar-refractivity contribution in [2.75, 3.05) is 37.7 Å². The van der Waals surface area contributed by atoms with Crippen LogP contribution in [0.2, 0.25) is 0 Å². The van der Waals surface area contributed by atoms with E-state index in [0.29, 0.717) is 50.2 Å². The Morgan fingerprint density at radius 3 is 2.58 bits per heavy atom. The molecule has 0 bridgehead atoms. The van der Waals surface area contributed by atoms with Crippen LogP contribution in [0.15, 0.2) is 53.3 Å². The number of hydrogen-bond acceptors (Lipinski definition) is 6. The SMILES string of the molecule is O=C(CCc1nnc(-c2cccc(OCC3CCC3)c2)[nH]c1=O)N1CCN(c2ccccc2F)CC1. The van der Waals surface area contributed by atoms with Crippen LogP contribution in [-0.4, -0.2) is 58.8 Å². The maximum absolute atomic E-state index is 14.0. The number of aromatic nitrogens is 3. The lowest BCUT2D eigenvalue weighted by Gasteiger charge is -2.36. The molecule has 1 amide bonds. The van der Waals surface area contributed by atoms with Gasteiger partial charge in [-0.3, -0.25) is 9.59 Å². The Morgan fingerprint density at radius 2 is 1.86 bits per heavy atom. The number of benzene rings is 2. The molecule has 1 aliphatic heterocycles. The fourth-order valence-electron chi connectivity index (χ4n) is 4.55. The minimum absolute atomic E-state index is 0.0511. The summed E-state index contributed by atoms with van der Waals surface area (Å²) in [6.45, 7) is 2.84. The second kappa shape index (κ2) is 10.9. The van der Waals surface area contributed by atoms with Gasteiger partial charge in [-0.1, -0.05) is 30.7 Å². The third-order valence-corrected chi connectivity index (χ3v) is 6.98. The summed E-state index contributed by atoms with van der Waals surface area (Å²) in [7, 11) is 0. The number of ether oxygens (including phenoxy) is 1. The summed E-state index contributed by atoms with van der Waals surface area (Å²) in [5, 5.41) is 8.29. The molecule has 2 heterocycles. The number of rotatable bonds is 8. The number of H-pyrrole nitrogens is 1. The Labute approximate surface area is 209 Å². The molecule has 1 N–H and O–H groups in total. The van der Waals surface area contributed by atoms with Gasteiger partial charge in [0, 0.05) is 44.6 Å². The van der Waals surface area contributed by atoms with Gasteiger partial charge < -0.3 is 19.5 Å². The average molecular weight is 492 g/mol. The van der Waals surface area contributed by atoms with Gasteiger partial charge in [-0.2, -0.15) is 0 Å². The van der Waals surface area contributed by atoms with Crippen molar-refractivity contribution in [3.05, 3.63) is 70.4 Å². The molecule has 1 saturated heterocycles. The van der Waals surface area contributed by atoms with Crippen LogP contribution in [0.3, 0.4) is 0 Å². The number of nitrogens with one attached hydrogen (secondary N) is 1. The van der Waals surface area contributed by atoms with Crippen LogP contribution < -0.4 is 15.2 Å². The van der Waals surface area contributed by atoms with Crippen molar-refractivity contribution in [1.82, 2.24) is 20.1 Å². The van der Waals surface area contributed by atoms with Crippen molar-refractivity contribution >= 4 is 11.6 Å². The van der Waals surface area contributed by atoms with Crippen LogP contribution in [0.25, 0.3) is 11.4 Å². The summed E-state index contributed by atoms with van der Waals surface area (Å²) in [4.78, 5) is 31.8. The van der Waals surface area contributed by atoms with E-state index in [1.807, 2.05) is 29.2 Å². The number of carbonyl (C=O) groups excluding carboxylic acids is 1. The van der Waals surface area contributed by atoms with Crippen molar-refractivity contribution in [2.24, 2.45) is 5.92 Å². The van der Waals surface area contributed by atoms with Gasteiger partial charge in [-0.25, -0.2) is 4.39 Å². The van der Waals surface area contributed by atoms with E-state index in [9.17, 15) is 14.0 Å². The largest absolute Gasteiger partial charge is 0.493 e. The first-order valence-electron chi connectivity index (χ1n) is 12.5. The van der Waals surface area contributed by atoms with Gasteiger partial charge in [0.25, 0.3) is 5.56 Å². The molecule has 1 aromatic heterocycles. The van der Waals surface area contributed by atoms with E-state index in [0.717, 1.165) is 11.3 Å². The number of anilines is 1. The van der Waals surface area contributed by atoms with E-state index < -0.39 is 0 Å². The zero-order valence-electron chi connectivity index (χ0n) is 20.2. The van der Waals surface area contributed by atoms with Crippen molar-refractivity contribution < 1.29 is 13.9 Å². The van der Waals surface area contributed by atoms with Crippen molar-refractivity contribution in [3.63, 3.8) is 0 Å². The Kier molecular flexibility index (Phi) is 7.25. The van der Waals surface area contributed by atoms with E-state index in [4.69, 9.17) is 4.74 Å². The minimum Gasteiger partial charge on any atom is -0.493 e. The average Bonchev–Trinajstić information content (AvgIpc) is 2.87. The molecule has 0 radical (unpaired) electrons. The van der Waals surface area contributed by atoms with Gasteiger partial charge in [-0.15, -0.1) is 10.2 Å². The summed E-state index contributed by atoms with van der Waals surface area (Å²) in [5.74, 6) is 1.43. The lowest BCUT2D eigenvalue weighted by Crippen LogP contribution is -2.49. The third kappa shape index (κ3) is 5.56. The molecular weight excluding hydrogens is 461 g/mol. The second-order valence-electron chi connectivity index (χ2n) is 9.40. The highest BCUT2D eigenvalue weighted by Gasteiger charge is 2.23. The van der Waals surface area contributed by atoms with Crippen LogP contribution >= 0.6 is 0 Å². The number of nitrogens with zero attached hydrogens (tertiary/aromatic N) is 4. The smallest absolute Gasteiger partial charge is 0.273 e. The summed E-state index contributed by atoms with van der Waals surface area (Å²) < 4.78 is 19.9. The molecule has 2 fully saturated rings. The highest BCUT2D eigenvalue weighted by atomic mass is 19.1. The van der Waals surface area contributed by atoms with Crippen LogP contribution in [0.1, 0.15) is 31.4 Å². The highest BCUT2D eigenvalue weighted by Crippen LogP contribution is 2.28. The Hall–Kier alpha value is -3.75. The first kappa shape index (κ1) is 24.0. The molecule has 9 heteroatoms. The number of halogens is 1. The standard InChI is InChI=1S/C27H30FN5O3/c28-22-9-1-2-10-24(22)32-13-15-33(16-14-32)25(34)12-11-23-27(35)29-26(31-30-23)20-7-4-8-21(17-20)36-18-19-5-3-6-19/h1-2,4,7-10,17,19H,3,5-6,11-16,18H2,(H,29,31,35). The van der Waals surface area contributed by atoms with Gasteiger partial charge in [0.05, 0.1) is 12.3 Å². The molecule has 36 heavy (non-hydrogen) atoms. The molecule has 0 spiro atoms. The zero-order valence-corrected chi connectivity index (χ0v) is 20.2. The monoisotopic (exact) mass is 491 g/mol. The van der Waals surface area contributed by atoms with E-state index in [-0.39, 0.29) is 35.8 Å². The van der Waals surface area contributed by atoms with Crippen LogP contribution in [0.5, 0.6) is 5.75 Å². The number of aryl methyl sites for hydroxylation is 1. The van der Waals surface area contributed by atoms with E-state index >= 15 is 0 Å².